The summed E-state index contributed by atoms with van der Waals surface area (Å²) in [7, 11) is 0. The number of aliphatic hydroxyl groups excluding tert-OH is 2. The molecule has 2 atom stereocenters. The van der Waals surface area contributed by atoms with Crippen molar-refractivity contribution >= 4 is 5.91 Å². The van der Waals surface area contributed by atoms with Crippen LogP contribution in [0, 0.1) is 0 Å². The maximum absolute atomic E-state index is 12.3. The van der Waals surface area contributed by atoms with E-state index in [0.717, 1.165) is 70.6 Å². The molecule has 3 N–H and O–H groups in total. The number of hydrogen-bond acceptors (Lipinski definition) is 3. The predicted molar refractivity (Wildman–Crippen MR) is 211 cm³/mol. The van der Waals surface area contributed by atoms with E-state index in [2.05, 4.69) is 92.1 Å². The number of rotatable bonds is 34. The van der Waals surface area contributed by atoms with Crippen LogP contribution in [0.1, 0.15) is 168 Å². The van der Waals surface area contributed by atoms with Crippen LogP contribution >= 0.6 is 0 Å². The first-order valence-electron chi connectivity index (χ1n) is 19.8. The molecule has 0 radical (unpaired) electrons. The highest BCUT2D eigenvalue weighted by Crippen LogP contribution is 2.12. The second-order valence-corrected chi connectivity index (χ2v) is 13.0. The molecule has 0 aromatic heterocycles. The molecular weight excluding hydrogens is 590 g/mol. The van der Waals surface area contributed by atoms with E-state index in [9.17, 15) is 15.0 Å². The maximum atomic E-state index is 12.3. The normalized spacial score (nSPS) is 14.0. The third kappa shape index (κ3) is 34.9. The highest BCUT2D eigenvalue weighted by Gasteiger charge is 2.17. The standard InChI is InChI=1S/C44H75NO3/c1-3-5-7-9-11-13-15-16-17-18-19-20-21-22-23-24-25-26-27-28-30-32-34-36-38-40-44(48)45-42(41-46)43(47)39-37-35-33-31-29-14-12-10-8-6-4-2/h5,7,11,13,16-17,19-20,22-23,29,31,37,39,42-43,46-47H,3-4,6,8-10,12,14-15,18,21,24-28,30,32-36,38,40-41H2,1-2H3,(H,45,48)/b7-5-,13-11-,17-16-,20-19-,23-22-,31-29+,39-37+. The molecule has 0 aromatic carbocycles. The minimum atomic E-state index is -0.867. The smallest absolute Gasteiger partial charge is 0.220 e. The fourth-order valence-electron chi connectivity index (χ4n) is 5.34. The molecule has 0 fully saturated rings. The van der Waals surface area contributed by atoms with Gasteiger partial charge in [-0.1, -0.05) is 170 Å². The molecule has 0 aliphatic carbocycles. The molecule has 4 heteroatoms. The van der Waals surface area contributed by atoms with Gasteiger partial charge >= 0.3 is 0 Å². The summed E-state index contributed by atoms with van der Waals surface area (Å²) in [6.45, 7) is 4.13. The summed E-state index contributed by atoms with van der Waals surface area (Å²) >= 11 is 0. The van der Waals surface area contributed by atoms with Crippen molar-refractivity contribution in [3.63, 3.8) is 0 Å². The minimum Gasteiger partial charge on any atom is -0.394 e. The first-order valence-corrected chi connectivity index (χ1v) is 19.8. The summed E-state index contributed by atoms with van der Waals surface area (Å²) in [5, 5.41) is 22.8. The van der Waals surface area contributed by atoms with Crippen LogP contribution in [0.4, 0.5) is 0 Å². The summed E-state index contributed by atoms with van der Waals surface area (Å²) in [6.07, 6.45) is 56.8. The largest absolute Gasteiger partial charge is 0.394 e. The van der Waals surface area contributed by atoms with E-state index >= 15 is 0 Å². The molecule has 2 unspecified atom stereocenters. The second-order valence-electron chi connectivity index (χ2n) is 13.0. The maximum Gasteiger partial charge on any atom is 0.220 e. The van der Waals surface area contributed by atoms with Gasteiger partial charge in [0.2, 0.25) is 5.91 Å². The third-order valence-electron chi connectivity index (χ3n) is 8.36. The molecule has 0 heterocycles. The van der Waals surface area contributed by atoms with Gasteiger partial charge in [-0.05, 0) is 77.0 Å². The Morgan fingerprint density at radius 2 is 0.938 bits per heavy atom. The lowest BCUT2D eigenvalue weighted by Crippen LogP contribution is -2.45. The number of unbranched alkanes of at least 4 members (excludes halogenated alkanes) is 15. The highest BCUT2D eigenvalue weighted by molar-refractivity contribution is 5.76. The first-order chi connectivity index (χ1) is 23.7. The van der Waals surface area contributed by atoms with Crippen LogP contribution < -0.4 is 5.32 Å². The van der Waals surface area contributed by atoms with Crippen LogP contribution in [0.5, 0.6) is 0 Å². The van der Waals surface area contributed by atoms with E-state index in [4.69, 9.17) is 0 Å². The molecule has 48 heavy (non-hydrogen) atoms. The zero-order valence-corrected chi connectivity index (χ0v) is 31.2. The molecule has 0 aliphatic rings. The van der Waals surface area contributed by atoms with E-state index in [1.54, 1.807) is 6.08 Å². The molecule has 0 saturated heterocycles. The highest BCUT2D eigenvalue weighted by atomic mass is 16.3. The Labute approximate surface area is 297 Å². The van der Waals surface area contributed by atoms with Crippen LogP contribution in [-0.4, -0.2) is 34.9 Å². The Morgan fingerprint density at radius 3 is 1.46 bits per heavy atom. The van der Waals surface area contributed by atoms with Gasteiger partial charge in [-0.3, -0.25) is 4.79 Å². The molecule has 0 aliphatic heterocycles. The second kappa shape index (κ2) is 39.0. The molecule has 274 valence electrons. The van der Waals surface area contributed by atoms with Crippen LogP contribution in [0.15, 0.2) is 85.1 Å². The number of hydrogen-bond donors (Lipinski definition) is 3. The van der Waals surface area contributed by atoms with Gasteiger partial charge in [0.15, 0.2) is 0 Å². The number of carbonyl (C=O) groups is 1. The van der Waals surface area contributed by atoms with Crippen molar-refractivity contribution in [3.8, 4) is 0 Å². The lowest BCUT2D eigenvalue weighted by atomic mass is 10.1. The van der Waals surface area contributed by atoms with Gasteiger partial charge in [-0.25, -0.2) is 0 Å². The van der Waals surface area contributed by atoms with E-state index in [-0.39, 0.29) is 12.5 Å². The van der Waals surface area contributed by atoms with Gasteiger partial charge in [0.1, 0.15) is 0 Å². The SMILES string of the molecule is CC/C=C\C/C=C\C/C=C\C/C=C\C/C=C\CCCCCCCCCCCC(=O)NC(CO)C(O)/C=C/CC/C=C/CCCCCCC. The molecule has 0 bridgehead atoms. The molecule has 0 rings (SSSR count). The summed E-state index contributed by atoms with van der Waals surface area (Å²) in [5.41, 5.74) is 0. The van der Waals surface area contributed by atoms with Gasteiger partial charge in [0.05, 0.1) is 18.8 Å². The van der Waals surface area contributed by atoms with Crippen LogP contribution in [0.25, 0.3) is 0 Å². The number of carbonyl (C=O) groups excluding carboxylic acids is 1. The Morgan fingerprint density at radius 1 is 0.521 bits per heavy atom. The van der Waals surface area contributed by atoms with Crippen molar-refractivity contribution in [3.05, 3.63) is 85.1 Å². The average Bonchev–Trinajstić information content (AvgIpc) is 3.09. The summed E-state index contributed by atoms with van der Waals surface area (Å²) in [4.78, 5) is 12.3. The van der Waals surface area contributed by atoms with Crippen molar-refractivity contribution in [2.75, 3.05) is 6.61 Å². The molecule has 1 amide bonds. The lowest BCUT2D eigenvalue weighted by Gasteiger charge is -2.19. The summed E-state index contributed by atoms with van der Waals surface area (Å²) in [5.74, 6) is -0.0871. The van der Waals surface area contributed by atoms with E-state index < -0.39 is 12.1 Å². The first kappa shape index (κ1) is 45.6. The Hall–Kier alpha value is -2.43. The van der Waals surface area contributed by atoms with E-state index in [1.165, 1.54) is 77.0 Å². The van der Waals surface area contributed by atoms with Gasteiger partial charge in [0, 0.05) is 6.42 Å². The summed E-state index contributed by atoms with van der Waals surface area (Å²) in [6, 6.07) is -0.645. The van der Waals surface area contributed by atoms with Crippen molar-refractivity contribution < 1.29 is 15.0 Å². The fourth-order valence-corrected chi connectivity index (χ4v) is 5.34. The number of aliphatic hydroxyl groups is 2. The summed E-state index contributed by atoms with van der Waals surface area (Å²) < 4.78 is 0. The van der Waals surface area contributed by atoms with Crippen LogP contribution in [-0.2, 0) is 4.79 Å². The lowest BCUT2D eigenvalue weighted by molar-refractivity contribution is -0.123. The molecular formula is C44H75NO3. The zero-order chi connectivity index (χ0) is 35.0. The third-order valence-corrected chi connectivity index (χ3v) is 8.36. The van der Waals surface area contributed by atoms with Gasteiger partial charge in [-0.2, -0.15) is 0 Å². The van der Waals surface area contributed by atoms with Crippen molar-refractivity contribution in [2.45, 2.75) is 180 Å². The van der Waals surface area contributed by atoms with Gasteiger partial charge in [-0.15, -0.1) is 0 Å². The zero-order valence-electron chi connectivity index (χ0n) is 31.2. The number of nitrogens with one attached hydrogen (secondary N) is 1. The van der Waals surface area contributed by atoms with Gasteiger partial charge in [0.25, 0.3) is 0 Å². The van der Waals surface area contributed by atoms with Crippen LogP contribution in [0.2, 0.25) is 0 Å². The Balaban J connectivity index is 3.65. The molecule has 4 nitrogen and oxygen atoms in total. The van der Waals surface area contributed by atoms with Crippen LogP contribution in [0.3, 0.4) is 0 Å². The molecule has 0 spiro atoms. The number of allylic oxidation sites excluding steroid dienone is 13. The minimum absolute atomic E-state index is 0.0871. The topological polar surface area (TPSA) is 69.6 Å². The monoisotopic (exact) mass is 666 g/mol. The quantitative estimate of drug-likeness (QED) is 0.0473. The van der Waals surface area contributed by atoms with Gasteiger partial charge < -0.3 is 15.5 Å². The van der Waals surface area contributed by atoms with Crippen molar-refractivity contribution in [2.24, 2.45) is 0 Å². The van der Waals surface area contributed by atoms with Crippen molar-refractivity contribution in [1.82, 2.24) is 5.32 Å². The predicted octanol–water partition coefficient (Wildman–Crippen LogP) is 12.1. The Bertz CT molecular complexity index is 895. The number of amides is 1. The van der Waals surface area contributed by atoms with Crippen molar-refractivity contribution in [1.29, 1.82) is 0 Å². The van der Waals surface area contributed by atoms with E-state index in [0.29, 0.717) is 6.42 Å². The molecule has 0 saturated carbocycles. The Kier molecular flexibility index (Phi) is 37.0. The fraction of sp³-hybridized carbons (Fsp3) is 0.659. The molecule has 0 aromatic rings. The average molecular weight is 666 g/mol. The van der Waals surface area contributed by atoms with E-state index in [1.807, 2.05) is 6.08 Å².